The molecule has 0 radical (unpaired) electrons. The van der Waals surface area contributed by atoms with Gasteiger partial charge < -0.3 is 15.0 Å². The van der Waals surface area contributed by atoms with Crippen LogP contribution in [-0.2, 0) is 11.2 Å². The second-order valence-corrected chi connectivity index (χ2v) is 5.99. The molecule has 20 heavy (non-hydrogen) atoms. The van der Waals surface area contributed by atoms with Gasteiger partial charge in [0.2, 0.25) is 5.91 Å². The van der Waals surface area contributed by atoms with Crippen molar-refractivity contribution in [3.8, 4) is 5.75 Å². The second-order valence-electron chi connectivity index (χ2n) is 5.55. The molecule has 0 aromatic heterocycles. The summed E-state index contributed by atoms with van der Waals surface area (Å²) in [6.07, 6.45) is 0.714. The van der Waals surface area contributed by atoms with Crippen LogP contribution in [-0.4, -0.2) is 43.1 Å². The smallest absolute Gasteiger partial charge is 0.229 e. The van der Waals surface area contributed by atoms with E-state index in [1.165, 1.54) is 0 Å². The molecule has 2 atom stereocenters. The van der Waals surface area contributed by atoms with Gasteiger partial charge in [0.1, 0.15) is 12.4 Å². The first kappa shape index (κ1) is 13.7. The van der Waals surface area contributed by atoms with E-state index in [-0.39, 0.29) is 17.9 Å². The molecule has 1 aromatic rings. The summed E-state index contributed by atoms with van der Waals surface area (Å²) in [6, 6.07) is 5.85. The summed E-state index contributed by atoms with van der Waals surface area (Å²) in [6.45, 7) is 5.05. The topological polar surface area (TPSA) is 41.6 Å². The number of amides is 1. The molecule has 2 aliphatic rings. The predicted molar refractivity (Wildman–Crippen MR) is 78.2 cm³/mol. The van der Waals surface area contributed by atoms with E-state index in [1.807, 2.05) is 23.1 Å². The fourth-order valence-corrected chi connectivity index (χ4v) is 3.12. The number of fused-ring (bicyclic) bond motifs is 1. The monoisotopic (exact) mass is 294 g/mol. The Hall–Kier alpha value is -1.26. The lowest BCUT2D eigenvalue weighted by molar-refractivity contribution is -0.139. The first-order chi connectivity index (χ1) is 9.65. The summed E-state index contributed by atoms with van der Waals surface area (Å²) in [4.78, 5) is 14.6. The molecule has 0 bridgehead atoms. The zero-order valence-corrected chi connectivity index (χ0v) is 12.3. The lowest BCUT2D eigenvalue weighted by Crippen LogP contribution is -2.54. The Balaban J connectivity index is 1.74. The summed E-state index contributed by atoms with van der Waals surface area (Å²) in [7, 11) is 0. The van der Waals surface area contributed by atoms with Crippen molar-refractivity contribution in [2.24, 2.45) is 5.92 Å². The minimum absolute atomic E-state index is 0.0958. The molecule has 3 rings (SSSR count). The van der Waals surface area contributed by atoms with Gasteiger partial charge in [0, 0.05) is 30.7 Å². The number of benzene rings is 1. The molecule has 1 unspecified atom stereocenters. The van der Waals surface area contributed by atoms with Gasteiger partial charge in [-0.05, 0) is 37.1 Å². The Morgan fingerprint density at radius 1 is 1.50 bits per heavy atom. The fraction of sp³-hybridized carbons (Fsp3) is 0.533. The lowest BCUT2D eigenvalue weighted by atomic mass is 9.94. The SMILES string of the molecule is C[C@@H]1CNCCN1C(=O)C1COc2ccc(Cl)cc2C1. The molecule has 0 saturated carbocycles. The third-order valence-electron chi connectivity index (χ3n) is 4.06. The van der Waals surface area contributed by atoms with Crippen LogP contribution in [0.15, 0.2) is 18.2 Å². The minimum atomic E-state index is -0.0958. The van der Waals surface area contributed by atoms with Crippen LogP contribution in [0.1, 0.15) is 12.5 Å². The maximum absolute atomic E-state index is 12.6. The van der Waals surface area contributed by atoms with E-state index in [2.05, 4.69) is 12.2 Å². The van der Waals surface area contributed by atoms with Gasteiger partial charge in [-0.25, -0.2) is 0 Å². The van der Waals surface area contributed by atoms with E-state index in [0.29, 0.717) is 18.1 Å². The molecule has 1 N–H and O–H groups in total. The normalized spacial score (nSPS) is 25.8. The third kappa shape index (κ3) is 2.63. The van der Waals surface area contributed by atoms with Crippen LogP contribution in [0.2, 0.25) is 5.02 Å². The van der Waals surface area contributed by atoms with Crippen LogP contribution in [0.4, 0.5) is 0 Å². The van der Waals surface area contributed by atoms with Crippen LogP contribution in [0.25, 0.3) is 0 Å². The first-order valence-electron chi connectivity index (χ1n) is 7.07. The summed E-state index contributed by atoms with van der Waals surface area (Å²) in [5.41, 5.74) is 1.03. The van der Waals surface area contributed by atoms with Gasteiger partial charge in [0.25, 0.3) is 0 Å². The predicted octanol–water partition coefficient (Wildman–Crippen LogP) is 1.71. The van der Waals surface area contributed by atoms with Gasteiger partial charge in [0.05, 0.1) is 5.92 Å². The average molecular weight is 295 g/mol. The number of halogens is 1. The molecule has 108 valence electrons. The van der Waals surface area contributed by atoms with Gasteiger partial charge in [-0.1, -0.05) is 11.6 Å². The summed E-state index contributed by atoms with van der Waals surface area (Å²) in [5, 5.41) is 3.99. The maximum atomic E-state index is 12.6. The van der Waals surface area contributed by atoms with E-state index in [9.17, 15) is 4.79 Å². The van der Waals surface area contributed by atoms with Crippen molar-refractivity contribution < 1.29 is 9.53 Å². The Labute approximate surface area is 124 Å². The van der Waals surface area contributed by atoms with Crippen molar-refractivity contribution in [1.29, 1.82) is 0 Å². The van der Waals surface area contributed by atoms with Crippen molar-refractivity contribution in [2.45, 2.75) is 19.4 Å². The minimum Gasteiger partial charge on any atom is -0.492 e. The average Bonchev–Trinajstić information content (AvgIpc) is 2.46. The molecular weight excluding hydrogens is 276 g/mol. The van der Waals surface area contributed by atoms with Gasteiger partial charge in [0.15, 0.2) is 0 Å². The molecule has 2 aliphatic heterocycles. The van der Waals surface area contributed by atoms with Crippen LogP contribution < -0.4 is 10.1 Å². The molecule has 2 heterocycles. The third-order valence-corrected chi connectivity index (χ3v) is 4.30. The van der Waals surface area contributed by atoms with Gasteiger partial charge in [-0.3, -0.25) is 4.79 Å². The van der Waals surface area contributed by atoms with Gasteiger partial charge in [-0.2, -0.15) is 0 Å². The second kappa shape index (κ2) is 5.62. The Morgan fingerprint density at radius 2 is 2.35 bits per heavy atom. The molecule has 0 aliphatic carbocycles. The number of hydrogen-bond acceptors (Lipinski definition) is 3. The van der Waals surface area contributed by atoms with Crippen molar-refractivity contribution >= 4 is 17.5 Å². The quantitative estimate of drug-likeness (QED) is 0.857. The number of ether oxygens (including phenoxy) is 1. The molecule has 5 heteroatoms. The molecule has 1 saturated heterocycles. The number of hydrogen-bond donors (Lipinski definition) is 1. The van der Waals surface area contributed by atoms with E-state index < -0.39 is 0 Å². The standard InChI is InChI=1S/C15H19ClN2O2/c1-10-8-17-4-5-18(10)15(19)12-6-11-7-13(16)2-3-14(11)20-9-12/h2-3,7,10,12,17H,4-6,8-9H2,1H3/t10-,12?/m1/s1. The van der Waals surface area contributed by atoms with E-state index >= 15 is 0 Å². The van der Waals surface area contributed by atoms with Crippen molar-refractivity contribution in [3.05, 3.63) is 28.8 Å². The van der Waals surface area contributed by atoms with Gasteiger partial charge in [-0.15, -0.1) is 0 Å². The number of rotatable bonds is 1. The van der Waals surface area contributed by atoms with Crippen molar-refractivity contribution in [1.82, 2.24) is 10.2 Å². The highest BCUT2D eigenvalue weighted by Crippen LogP contribution is 2.30. The lowest BCUT2D eigenvalue weighted by Gasteiger charge is -2.37. The highest BCUT2D eigenvalue weighted by atomic mass is 35.5. The Kier molecular flexibility index (Phi) is 3.85. The summed E-state index contributed by atoms with van der Waals surface area (Å²) >= 11 is 6.02. The van der Waals surface area contributed by atoms with Crippen molar-refractivity contribution in [3.63, 3.8) is 0 Å². The van der Waals surface area contributed by atoms with Crippen molar-refractivity contribution in [2.75, 3.05) is 26.2 Å². The zero-order valence-electron chi connectivity index (χ0n) is 11.6. The van der Waals surface area contributed by atoms with Crippen LogP contribution >= 0.6 is 11.6 Å². The van der Waals surface area contributed by atoms with Crippen LogP contribution in [0.3, 0.4) is 0 Å². The highest BCUT2D eigenvalue weighted by Gasteiger charge is 2.32. The van der Waals surface area contributed by atoms with E-state index in [0.717, 1.165) is 30.9 Å². The number of carbonyl (C=O) groups is 1. The molecule has 1 aromatic carbocycles. The molecule has 4 nitrogen and oxygen atoms in total. The van der Waals surface area contributed by atoms with Crippen LogP contribution in [0.5, 0.6) is 5.75 Å². The molecule has 1 amide bonds. The number of carbonyl (C=O) groups excluding carboxylic acids is 1. The molecule has 1 fully saturated rings. The first-order valence-corrected chi connectivity index (χ1v) is 7.45. The maximum Gasteiger partial charge on any atom is 0.229 e. The molecule has 0 spiro atoms. The Morgan fingerprint density at radius 3 is 3.15 bits per heavy atom. The number of nitrogens with one attached hydrogen (secondary N) is 1. The highest BCUT2D eigenvalue weighted by molar-refractivity contribution is 6.30. The van der Waals surface area contributed by atoms with Crippen LogP contribution in [0, 0.1) is 5.92 Å². The van der Waals surface area contributed by atoms with E-state index in [4.69, 9.17) is 16.3 Å². The summed E-state index contributed by atoms with van der Waals surface area (Å²) < 4.78 is 5.72. The zero-order chi connectivity index (χ0) is 14.1. The largest absolute Gasteiger partial charge is 0.492 e. The molecular formula is C15H19ClN2O2. The van der Waals surface area contributed by atoms with Gasteiger partial charge >= 0.3 is 0 Å². The number of nitrogens with zero attached hydrogens (tertiary/aromatic N) is 1. The van der Waals surface area contributed by atoms with E-state index in [1.54, 1.807) is 0 Å². The fourth-order valence-electron chi connectivity index (χ4n) is 2.92. The Bertz CT molecular complexity index is 521. The number of piperazine rings is 1. The summed E-state index contributed by atoms with van der Waals surface area (Å²) in [5.74, 6) is 0.956.